The maximum atomic E-state index is 13.4. The van der Waals surface area contributed by atoms with Gasteiger partial charge in [0, 0.05) is 13.0 Å². The lowest BCUT2D eigenvalue weighted by atomic mass is 10.0. The molecule has 11 heteroatoms. The molecule has 0 radical (unpaired) electrons. The number of amides is 3. The van der Waals surface area contributed by atoms with Gasteiger partial charge in [-0.1, -0.05) is 26.0 Å². The number of aliphatic hydroxyl groups excluding tert-OH is 1. The van der Waals surface area contributed by atoms with Crippen LogP contribution in [0.1, 0.15) is 38.7 Å². The number of rotatable bonds is 11. The van der Waals surface area contributed by atoms with Gasteiger partial charge in [-0.25, -0.2) is 4.79 Å². The highest BCUT2D eigenvalue weighted by Crippen LogP contribution is 2.21. The van der Waals surface area contributed by atoms with Gasteiger partial charge in [-0.3, -0.25) is 14.4 Å². The van der Waals surface area contributed by atoms with Crippen LogP contribution in [0.3, 0.4) is 0 Å². The second kappa shape index (κ2) is 12.3. The van der Waals surface area contributed by atoms with Crippen molar-refractivity contribution < 1.29 is 34.5 Å². The zero-order valence-electron chi connectivity index (χ0n) is 19.4. The van der Waals surface area contributed by atoms with Gasteiger partial charge in [-0.2, -0.15) is 0 Å². The van der Waals surface area contributed by atoms with Crippen LogP contribution in [0.2, 0.25) is 0 Å². The fraction of sp³-hybridized carbons (Fsp3) is 0.565. The monoisotopic (exact) mass is 478 g/mol. The molecule has 0 aliphatic carbocycles. The third kappa shape index (κ3) is 7.42. The van der Waals surface area contributed by atoms with Crippen molar-refractivity contribution in [2.45, 2.75) is 63.7 Å². The zero-order valence-corrected chi connectivity index (χ0v) is 19.4. The number of carboxylic acids is 1. The molecule has 1 saturated heterocycles. The number of nitrogens with zero attached hydrogens (tertiary/aromatic N) is 1. The minimum Gasteiger partial charge on any atom is -0.508 e. The van der Waals surface area contributed by atoms with Crippen molar-refractivity contribution in [3.63, 3.8) is 0 Å². The fourth-order valence-electron chi connectivity index (χ4n) is 3.89. The van der Waals surface area contributed by atoms with E-state index in [4.69, 9.17) is 5.73 Å². The molecule has 1 aromatic rings. The predicted octanol–water partition coefficient (Wildman–Crippen LogP) is -0.654. The number of carbonyl (C=O) groups is 4. The fourth-order valence-corrected chi connectivity index (χ4v) is 3.89. The van der Waals surface area contributed by atoms with E-state index in [1.165, 1.54) is 17.0 Å². The summed E-state index contributed by atoms with van der Waals surface area (Å²) in [7, 11) is 0. The Morgan fingerprint density at radius 3 is 2.32 bits per heavy atom. The average Bonchev–Trinajstić information content (AvgIpc) is 3.28. The van der Waals surface area contributed by atoms with Crippen molar-refractivity contribution in [1.82, 2.24) is 15.5 Å². The van der Waals surface area contributed by atoms with Gasteiger partial charge in [0.25, 0.3) is 0 Å². The summed E-state index contributed by atoms with van der Waals surface area (Å²) in [6.45, 7) is 3.36. The summed E-state index contributed by atoms with van der Waals surface area (Å²) in [6, 6.07) is 1.87. The summed E-state index contributed by atoms with van der Waals surface area (Å²) >= 11 is 0. The molecule has 0 aromatic heterocycles. The second-order valence-electron chi connectivity index (χ2n) is 8.94. The van der Waals surface area contributed by atoms with Crippen molar-refractivity contribution >= 4 is 23.7 Å². The Morgan fingerprint density at radius 1 is 1.12 bits per heavy atom. The number of aromatic hydroxyl groups is 1. The van der Waals surface area contributed by atoms with Crippen molar-refractivity contribution in [1.29, 1.82) is 0 Å². The number of nitrogens with one attached hydrogen (secondary N) is 2. The van der Waals surface area contributed by atoms with E-state index in [1.54, 1.807) is 12.1 Å². The number of hydrogen-bond donors (Lipinski definition) is 6. The molecule has 1 fully saturated rings. The molecule has 4 atom stereocenters. The van der Waals surface area contributed by atoms with Crippen LogP contribution in [0.25, 0.3) is 0 Å². The number of likely N-dealkylation sites (tertiary alicyclic amines) is 1. The van der Waals surface area contributed by atoms with E-state index in [2.05, 4.69) is 10.6 Å². The molecular weight excluding hydrogens is 444 g/mol. The summed E-state index contributed by atoms with van der Waals surface area (Å²) in [5, 5.41) is 33.2. The van der Waals surface area contributed by atoms with Crippen LogP contribution in [0.4, 0.5) is 0 Å². The smallest absolute Gasteiger partial charge is 0.326 e. The lowest BCUT2D eigenvalue weighted by Gasteiger charge is -2.30. The molecule has 11 nitrogen and oxygen atoms in total. The van der Waals surface area contributed by atoms with Gasteiger partial charge in [0.2, 0.25) is 17.7 Å². The molecule has 1 heterocycles. The van der Waals surface area contributed by atoms with Gasteiger partial charge in [0.15, 0.2) is 0 Å². The van der Waals surface area contributed by atoms with Crippen molar-refractivity contribution in [3.8, 4) is 5.75 Å². The maximum Gasteiger partial charge on any atom is 0.326 e. The van der Waals surface area contributed by atoms with E-state index >= 15 is 0 Å². The first-order valence-corrected chi connectivity index (χ1v) is 11.3. The molecule has 2 rings (SSSR count). The lowest BCUT2D eigenvalue weighted by molar-refractivity contribution is -0.145. The topological polar surface area (TPSA) is 182 Å². The summed E-state index contributed by atoms with van der Waals surface area (Å²) in [6.07, 6.45) is 1.22. The van der Waals surface area contributed by atoms with E-state index in [-0.39, 0.29) is 31.1 Å². The van der Waals surface area contributed by atoms with E-state index < -0.39 is 54.5 Å². The summed E-state index contributed by atoms with van der Waals surface area (Å²) < 4.78 is 0. The molecule has 0 spiro atoms. The number of phenolic OH excluding ortho intramolecular Hbond substituents is 1. The van der Waals surface area contributed by atoms with Gasteiger partial charge in [0.1, 0.15) is 29.9 Å². The minimum absolute atomic E-state index is 0.0448. The Labute approximate surface area is 198 Å². The molecule has 0 saturated carbocycles. The lowest BCUT2D eigenvalue weighted by Crippen LogP contribution is -2.57. The predicted molar refractivity (Wildman–Crippen MR) is 123 cm³/mol. The van der Waals surface area contributed by atoms with Crippen molar-refractivity contribution in [2.24, 2.45) is 11.7 Å². The number of aliphatic hydroxyl groups is 1. The van der Waals surface area contributed by atoms with Crippen LogP contribution < -0.4 is 16.4 Å². The van der Waals surface area contributed by atoms with Crippen LogP contribution in [-0.4, -0.2) is 81.2 Å². The molecule has 1 aliphatic rings. The molecule has 3 amide bonds. The molecule has 188 valence electrons. The quantitative estimate of drug-likeness (QED) is 0.242. The first kappa shape index (κ1) is 27.1. The van der Waals surface area contributed by atoms with Crippen molar-refractivity contribution in [2.75, 3.05) is 13.2 Å². The van der Waals surface area contributed by atoms with E-state index in [1.807, 2.05) is 13.8 Å². The Morgan fingerprint density at radius 2 is 1.76 bits per heavy atom. The van der Waals surface area contributed by atoms with E-state index in [0.717, 1.165) is 0 Å². The SMILES string of the molecule is CC(C)CC(NC(=O)C1CCCN1C(=O)C(Cc1ccc(O)cc1)NC(=O)C(N)CO)C(=O)O. The zero-order chi connectivity index (χ0) is 25.4. The van der Waals surface area contributed by atoms with Crippen LogP contribution in [0.15, 0.2) is 24.3 Å². The first-order valence-electron chi connectivity index (χ1n) is 11.3. The Kier molecular flexibility index (Phi) is 9.82. The number of nitrogens with two attached hydrogens (primary N) is 1. The maximum absolute atomic E-state index is 13.4. The number of benzene rings is 1. The van der Waals surface area contributed by atoms with Crippen molar-refractivity contribution in [3.05, 3.63) is 29.8 Å². The highest BCUT2D eigenvalue weighted by molar-refractivity contribution is 5.94. The van der Waals surface area contributed by atoms with Gasteiger partial charge in [-0.05, 0) is 42.9 Å². The van der Waals surface area contributed by atoms with Gasteiger partial charge in [0.05, 0.1) is 6.61 Å². The number of carboxylic acid groups (broad SMARTS) is 1. The molecule has 7 N–H and O–H groups in total. The Balaban J connectivity index is 2.21. The molecule has 4 unspecified atom stereocenters. The average molecular weight is 479 g/mol. The third-order valence-corrected chi connectivity index (χ3v) is 5.68. The van der Waals surface area contributed by atoms with Gasteiger partial charge < -0.3 is 36.6 Å². The van der Waals surface area contributed by atoms with Crippen LogP contribution in [-0.2, 0) is 25.6 Å². The second-order valence-corrected chi connectivity index (χ2v) is 8.94. The number of aliphatic carboxylic acids is 1. The molecule has 1 aromatic carbocycles. The molecule has 1 aliphatic heterocycles. The molecule has 0 bridgehead atoms. The highest BCUT2D eigenvalue weighted by atomic mass is 16.4. The third-order valence-electron chi connectivity index (χ3n) is 5.68. The summed E-state index contributed by atoms with van der Waals surface area (Å²) in [5.74, 6) is -2.84. The van der Waals surface area contributed by atoms with E-state index in [0.29, 0.717) is 18.4 Å². The number of carbonyl (C=O) groups excluding carboxylic acids is 3. The Bertz CT molecular complexity index is 875. The van der Waals surface area contributed by atoms with Crippen LogP contribution in [0, 0.1) is 5.92 Å². The number of phenols is 1. The standard InChI is InChI=1S/C23H34N4O7/c1-13(2)10-18(23(33)34)26-21(31)19-4-3-9-27(19)22(32)17(25-20(30)16(24)12-28)11-14-5-7-15(29)8-6-14/h5-8,13,16-19,28-29H,3-4,9-12,24H2,1-2H3,(H,25,30)(H,26,31)(H,33,34). The summed E-state index contributed by atoms with van der Waals surface area (Å²) in [4.78, 5) is 51.6. The van der Waals surface area contributed by atoms with E-state index in [9.17, 15) is 34.5 Å². The van der Waals surface area contributed by atoms with Gasteiger partial charge in [-0.15, -0.1) is 0 Å². The Hall–Kier alpha value is -3.18. The summed E-state index contributed by atoms with van der Waals surface area (Å²) in [5.41, 5.74) is 6.24. The first-order chi connectivity index (χ1) is 16.0. The van der Waals surface area contributed by atoms with Gasteiger partial charge >= 0.3 is 5.97 Å². The normalized spacial score (nSPS) is 18.3. The minimum atomic E-state index is -1.22. The van der Waals surface area contributed by atoms with Crippen LogP contribution in [0.5, 0.6) is 5.75 Å². The highest BCUT2D eigenvalue weighted by Gasteiger charge is 2.39. The largest absolute Gasteiger partial charge is 0.508 e. The molecule has 34 heavy (non-hydrogen) atoms. The number of hydrogen-bond acceptors (Lipinski definition) is 7. The molecular formula is C23H34N4O7. The van der Waals surface area contributed by atoms with Crippen LogP contribution >= 0.6 is 0 Å².